The van der Waals surface area contributed by atoms with Gasteiger partial charge in [0.1, 0.15) is 23.0 Å². The van der Waals surface area contributed by atoms with Crippen LogP contribution in [0.3, 0.4) is 0 Å². The zero-order chi connectivity index (χ0) is 23.5. The van der Waals surface area contributed by atoms with Crippen molar-refractivity contribution in [1.82, 2.24) is 0 Å². The molecule has 0 saturated carbocycles. The van der Waals surface area contributed by atoms with Crippen molar-refractivity contribution in [3.8, 4) is 22.5 Å². The van der Waals surface area contributed by atoms with Crippen LogP contribution in [-0.2, 0) is 0 Å². The number of carbonyl (C=O) groups excluding carboxylic acids is 2. The summed E-state index contributed by atoms with van der Waals surface area (Å²) in [5.74, 6) is -0.696. The molecule has 0 aliphatic rings. The van der Waals surface area contributed by atoms with E-state index in [2.05, 4.69) is 0 Å². The molecule has 0 unspecified atom stereocenters. The quantitative estimate of drug-likeness (QED) is 0.258. The van der Waals surface area contributed by atoms with Gasteiger partial charge in [0.15, 0.2) is 11.6 Å². The third kappa shape index (κ3) is 4.63. The van der Waals surface area contributed by atoms with Crippen molar-refractivity contribution < 1.29 is 22.8 Å². The number of Topliss-reactive ketones (excluding diaryl/α,β-unsaturated/α-hetero) is 2. The summed E-state index contributed by atoms with van der Waals surface area (Å²) in [5, 5.41) is 0.599. The lowest BCUT2D eigenvalue weighted by molar-refractivity contribution is 0.0975. The molecule has 0 spiro atoms. The van der Waals surface area contributed by atoms with E-state index in [1.54, 1.807) is 43.3 Å². The van der Waals surface area contributed by atoms with Gasteiger partial charge in [0.2, 0.25) is 0 Å². The molecule has 0 bridgehead atoms. The van der Waals surface area contributed by atoms with E-state index in [0.717, 1.165) is 12.8 Å². The summed E-state index contributed by atoms with van der Waals surface area (Å²) < 4.78 is 33.8. The first-order valence-electron chi connectivity index (χ1n) is 11.1. The molecule has 0 atom stereocenters. The lowest BCUT2D eigenvalue weighted by Gasteiger charge is -2.07. The van der Waals surface area contributed by atoms with Gasteiger partial charge in [-0.05, 0) is 72.1 Å². The number of rotatable bonds is 8. The monoisotopic (exact) mass is 446 g/mol. The van der Waals surface area contributed by atoms with Gasteiger partial charge in [-0.1, -0.05) is 26.3 Å². The molecular weight excluding hydrogens is 422 g/mol. The van der Waals surface area contributed by atoms with Crippen molar-refractivity contribution in [2.75, 3.05) is 0 Å². The molecule has 3 aromatic carbocycles. The number of benzene rings is 3. The van der Waals surface area contributed by atoms with Crippen molar-refractivity contribution in [3.63, 3.8) is 0 Å². The number of ketones is 2. The minimum Gasteiger partial charge on any atom is -0.455 e. The Morgan fingerprint density at radius 2 is 1.52 bits per heavy atom. The molecule has 33 heavy (non-hydrogen) atoms. The topological polar surface area (TPSA) is 47.3 Å². The van der Waals surface area contributed by atoms with Crippen molar-refractivity contribution in [3.05, 3.63) is 83.4 Å². The standard InChI is InChI=1S/C28H24F2O3/c1-3-5-6-25(32)20-13-19(14-22(30)15-20)18-9-12-26-23(16-18)27(24(31)4-2)28(33-26)17-7-10-21(29)11-8-17/h7-16H,3-6H2,1-2H3. The number of hydrogen-bond acceptors (Lipinski definition) is 3. The minimum absolute atomic E-state index is 0.0950. The maximum Gasteiger partial charge on any atom is 0.167 e. The van der Waals surface area contributed by atoms with Gasteiger partial charge in [0.25, 0.3) is 0 Å². The number of fused-ring (bicyclic) bond motifs is 1. The predicted octanol–water partition coefficient (Wildman–Crippen LogP) is 8.01. The number of carbonyl (C=O) groups is 2. The zero-order valence-electron chi connectivity index (χ0n) is 18.6. The van der Waals surface area contributed by atoms with Crippen LogP contribution in [0.2, 0.25) is 0 Å². The highest BCUT2D eigenvalue weighted by molar-refractivity contribution is 6.12. The van der Waals surface area contributed by atoms with Gasteiger partial charge in [-0.2, -0.15) is 0 Å². The Bertz CT molecular complexity index is 1330. The summed E-state index contributed by atoms with van der Waals surface area (Å²) >= 11 is 0. The molecule has 0 fully saturated rings. The fraction of sp³-hybridized carbons (Fsp3) is 0.214. The van der Waals surface area contributed by atoms with E-state index in [0.29, 0.717) is 51.0 Å². The second kappa shape index (κ2) is 9.49. The van der Waals surface area contributed by atoms with Crippen LogP contribution in [0, 0.1) is 11.6 Å². The van der Waals surface area contributed by atoms with Gasteiger partial charge in [-0.15, -0.1) is 0 Å². The van der Waals surface area contributed by atoms with Crippen LogP contribution < -0.4 is 0 Å². The zero-order valence-corrected chi connectivity index (χ0v) is 18.6. The van der Waals surface area contributed by atoms with E-state index in [1.807, 2.05) is 6.92 Å². The summed E-state index contributed by atoms with van der Waals surface area (Å²) in [6, 6.07) is 15.4. The van der Waals surface area contributed by atoms with E-state index in [9.17, 15) is 18.4 Å². The number of halogens is 2. The molecule has 0 aliphatic heterocycles. The minimum atomic E-state index is -0.489. The van der Waals surface area contributed by atoms with Gasteiger partial charge in [0, 0.05) is 29.4 Å². The fourth-order valence-corrected chi connectivity index (χ4v) is 3.93. The van der Waals surface area contributed by atoms with Gasteiger partial charge in [0.05, 0.1) is 5.56 Å². The Labute approximate surface area is 191 Å². The third-order valence-electron chi connectivity index (χ3n) is 5.70. The van der Waals surface area contributed by atoms with Crippen molar-refractivity contribution >= 4 is 22.5 Å². The van der Waals surface area contributed by atoms with Crippen molar-refractivity contribution in [1.29, 1.82) is 0 Å². The summed E-state index contributed by atoms with van der Waals surface area (Å²) in [5.41, 5.74) is 3.07. The normalized spacial score (nSPS) is 11.2. The Morgan fingerprint density at radius 1 is 0.788 bits per heavy atom. The first-order valence-corrected chi connectivity index (χ1v) is 11.1. The highest BCUT2D eigenvalue weighted by Crippen LogP contribution is 2.37. The van der Waals surface area contributed by atoms with E-state index in [-0.39, 0.29) is 23.8 Å². The fourth-order valence-electron chi connectivity index (χ4n) is 3.93. The van der Waals surface area contributed by atoms with Crippen LogP contribution in [0.5, 0.6) is 0 Å². The Hall–Kier alpha value is -3.60. The highest BCUT2D eigenvalue weighted by atomic mass is 19.1. The largest absolute Gasteiger partial charge is 0.455 e. The highest BCUT2D eigenvalue weighted by Gasteiger charge is 2.22. The average molecular weight is 446 g/mol. The van der Waals surface area contributed by atoms with E-state index in [1.165, 1.54) is 24.3 Å². The second-order valence-electron chi connectivity index (χ2n) is 8.06. The first kappa shape index (κ1) is 22.6. The first-order chi connectivity index (χ1) is 15.9. The molecule has 1 heterocycles. The molecule has 0 amide bonds. The van der Waals surface area contributed by atoms with Crippen LogP contribution in [-0.4, -0.2) is 11.6 Å². The van der Waals surface area contributed by atoms with E-state index < -0.39 is 5.82 Å². The van der Waals surface area contributed by atoms with E-state index >= 15 is 0 Å². The van der Waals surface area contributed by atoms with E-state index in [4.69, 9.17) is 4.42 Å². The van der Waals surface area contributed by atoms with Gasteiger partial charge < -0.3 is 4.42 Å². The Kier molecular flexibility index (Phi) is 6.50. The second-order valence-corrected chi connectivity index (χ2v) is 8.06. The van der Waals surface area contributed by atoms with Crippen LogP contribution in [0.4, 0.5) is 8.78 Å². The van der Waals surface area contributed by atoms with Crippen LogP contribution in [0.1, 0.15) is 60.2 Å². The van der Waals surface area contributed by atoms with Crippen molar-refractivity contribution in [2.24, 2.45) is 0 Å². The molecule has 5 heteroatoms. The SMILES string of the molecule is CCCCC(=O)c1cc(F)cc(-c2ccc3oc(-c4ccc(F)cc4)c(C(=O)CC)c3c2)c1. The Morgan fingerprint density at radius 3 is 2.21 bits per heavy atom. The molecule has 3 nitrogen and oxygen atoms in total. The molecule has 0 radical (unpaired) electrons. The summed E-state index contributed by atoms with van der Waals surface area (Å²) in [7, 11) is 0. The van der Waals surface area contributed by atoms with Crippen LogP contribution >= 0.6 is 0 Å². The average Bonchev–Trinajstić information content (AvgIpc) is 3.20. The molecule has 4 aromatic rings. The summed E-state index contributed by atoms with van der Waals surface area (Å²) in [6.07, 6.45) is 2.27. The molecule has 168 valence electrons. The molecule has 0 aliphatic carbocycles. The number of hydrogen-bond donors (Lipinski definition) is 0. The number of furan rings is 1. The lowest BCUT2D eigenvalue weighted by Crippen LogP contribution is -2.00. The third-order valence-corrected chi connectivity index (χ3v) is 5.70. The maximum absolute atomic E-state index is 14.4. The molecule has 4 rings (SSSR count). The van der Waals surface area contributed by atoms with Crippen molar-refractivity contribution in [2.45, 2.75) is 39.5 Å². The van der Waals surface area contributed by atoms with Crippen LogP contribution in [0.15, 0.2) is 65.1 Å². The number of unbranched alkanes of at least 4 members (excludes halogenated alkanes) is 1. The lowest BCUT2D eigenvalue weighted by atomic mass is 9.96. The summed E-state index contributed by atoms with van der Waals surface area (Å²) in [6.45, 7) is 3.76. The van der Waals surface area contributed by atoms with Gasteiger partial charge >= 0.3 is 0 Å². The molecule has 1 aromatic heterocycles. The smallest absolute Gasteiger partial charge is 0.167 e. The molecule has 0 N–H and O–H groups in total. The van der Waals surface area contributed by atoms with Crippen LogP contribution in [0.25, 0.3) is 33.4 Å². The maximum atomic E-state index is 14.4. The van der Waals surface area contributed by atoms with Gasteiger partial charge in [-0.3, -0.25) is 9.59 Å². The van der Waals surface area contributed by atoms with Gasteiger partial charge in [-0.25, -0.2) is 8.78 Å². The summed E-state index contributed by atoms with van der Waals surface area (Å²) in [4.78, 5) is 25.3. The predicted molar refractivity (Wildman–Crippen MR) is 125 cm³/mol. The Balaban J connectivity index is 1.84. The molecule has 0 saturated heterocycles. The molecular formula is C28H24F2O3.